The molecule has 0 aliphatic carbocycles. The SMILES string of the molecule is CS(=O)(=O)N1CCN(C(=O)c2ccccc2-c2ccccc2)C[C@@H](COc2ccccc2)C1. The number of ether oxygens (including phenoxy) is 1. The van der Waals surface area contributed by atoms with Crippen molar-refractivity contribution in [2.24, 2.45) is 5.92 Å². The molecule has 1 saturated heterocycles. The number of rotatable bonds is 6. The van der Waals surface area contributed by atoms with Crippen molar-refractivity contribution in [3.63, 3.8) is 0 Å². The van der Waals surface area contributed by atoms with Gasteiger partial charge in [-0.3, -0.25) is 4.79 Å². The maximum Gasteiger partial charge on any atom is 0.254 e. The first-order chi connectivity index (χ1) is 15.9. The predicted molar refractivity (Wildman–Crippen MR) is 130 cm³/mol. The van der Waals surface area contributed by atoms with Crippen molar-refractivity contribution in [3.8, 4) is 16.9 Å². The highest BCUT2D eigenvalue weighted by Crippen LogP contribution is 2.26. The molecule has 0 radical (unpaired) electrons. The third kappa shape index (κ3) is 5.80. The van der Waals surface area contributed by atoms with Crippen LogP contribution in [0.4, 0.5) is 0 Å². The summed E-state index contributed by atoms with van der Waals surface area (Å²) in [7, 11) is -3.39. The Bertz CT molecular complexity index is 1180. The lowest BCUT2D eigenvalue weighted by molar-refractivity contribution is 0.0733. The van der Waals surface area contributed by atoms with Crippen LogP contribution in [0.1, 0.15) is 10.4 Å². The van der Waals surface area contributed by atoms with E-state index in [9.17, 15) is 13.2 Å². The fraction of sp³-hybridized carbons (Fsp3) is 0.269. The molecular formula is C26H28N2O4S. The molecule has 172 valence electrons. The molecule has 3 aromatic rings. The van der Waals surface area contributed by atoms with E-state index in [2.05, 4.69) is 0 Å². The number of amides is 1. The lowest BCUT2D eigenvalue weighted by Gasteiger charge is -2.25. The minimum Gasteiger partial charge on any atom is -0.493 e. The summed E-state index contributed by atoms with van der Waals surface area (Å²) in [5.41, 5.74) is 2.45. The normalized spacial score (nSPS) is 17.4. The predicted octanol–water partition coefficient (Wildman–Crippen LogP) is 3.77. The van der Waals surface area contributed by atoms with E-state index in [0.29, 0.717) is 31.8 Å². The minimum absolute atomic E-state index is 0.102. The van der Waals surface area contributed by atoms with Crippen LogP contribution in [0, 0.1) is 5.92 Å². The monoisotopic (exact) mass is 464 g/mol. The van der Waals surface area contributed by atoms with Crippen molar-refractivity contribution in [3.05, 3.63) is 90.5 Å². The molecular weight excluding hydrogens is 436 g/mol. The van der Waals surface area contributed by atoms with Crippen LogP contribution in [-0.4, -0.2) is 62.6 Å². The van der Waals surface area contributed by atoms with E-state index >= 15 is 0 Å². The molecule has 1 atom stereocenters. The van der Waals surface area contributed by atoms with Crippen LogP contribution < -0.4 is 4.74 Å². The van der Waals surface area contributed by atoms with Gasteiger partial charge < -0.3 is 9.64 Å². The Balaban J connectivity index is 1.58. The van der Waals surface area contributed by atoms with Gasteiger partial charge in [0.1, 0.15) is 5.75 Å². The topological polar surface area (TPSA) is 66.9 Å². The summed E-state index contributed by atoms with van der Waals surface area (Å²) in [5, 5.41) is 0. The first kappa shape index (κ1) is 23.0. The van der Waals surface area contributed by atoms with Gasteiger partial charge in [0.2, 0.25) is 10.0 Å². The molecule has 0 N–H and O–H groups in total. The number of carbonyl (C=O) groups is 1. The van der Waals surface area contributed by atoms with E-state index < -0.39 is 10.0 Å². The van der Waals surface area contributed by atoms with E-state index in [1.54, 1.807) is 4.90 Å². The highest BCUT2D eigenvalue weighted by molar-refractivity contribution is 7.88. The van der Waals surface area contributed by atoms with Crippen molar-refractivity contribution in [2.45, 2.75) is 0 Å². The summed E-state index contributed by atoms with van der Waals surface area (Å²) in [6.45, 7) is 1.65. The second kappa shape index (κ2) is 10.2. The van der Waals surface area contributed by atoms with Crippen molar-refractivity contribution in [1.82, 2.24) is 9.21 Å². The molecule has 0 unspecified atom stereocenters. The Morgan fingerprint density at radius 3 is 2.21 bits per heavy atom. The van der Waals surface area contributed by atoms with Gasteiger partial charge >= 0.3 is 0 Å². The summed E-state index contributed by atoms with van der Waals surface area (Å²) < 4.78 is 32.0. The molecule has 1 heterocycles. The second-order valence-electron chi connectivity index (χ2n) is 8.27. The van der Waals surface area contributed by atoms with E-state index in [0.717, 1.165) is 16.9 Å². The van der Waals surface area contributed by atoms with Gasteiger partial charge in [0, 0.05) is 37.7 Å². The number of hydrogen-bond donors (Lipinski definition) is 0. The van der Waals surface area contributed by atoms with Gasteiger partial charge in [0.25, 0.3) is 5.91 Å². The zero-order valence-corrected chi connectivity index (χ0v) is 19.4. The van der Waals surface area contributed by atoms with E-state index in [-0.39, 0.29) is 18.4 Å². The van der Waals surface area contributed by atoms with Gasteiger partial charge in [-0.05, 0) is 29.3 Å². The first-order valence-corrected chi connectivity index (χ1v) is 12.8. The van der Waals surface area contributed by atoms with Crippen LogP contribution in [0.2, 0.25) is 0 Å². The van der Waals surface area contributed by atoms with Crippen LogP contribution in [0.5, 0.6) is 5.75 Å². The zero-order valence-electron chi connectivity index (χ0n) is 18.6. The summed E-state index contributed by atoms with van der Waals surface area (Å²) in [5.74, 6) is 0.463. The fourth-order valence-electron chi connectivity index (χ4n) is 4.10. The largest absolute Gasteiger partial charge is 0.493 e. The Morgan fingerprint density at radius 2 is 1.52 bits per heavy atom. The molecule has 1 fully saturated rings. The highest BCUT2D eigenvalue weighted by atomic mass is 32.2. The summed E-state index contributed by atoms with van der Waals surface area (Å²) >= 11 is 0. The van der Waals surface area contributed by atoms with Crippen molar-refractivity contribution < 1.29 is 17.9 Å². The van der Waals surface area contributed by atoms with E-state index in [4.69, 9.17) is 4.74 Å². The van der Waals surface area contributed by atoms with Gasteiger partial charge in [0.15, 0.2) is 0 Å². The lowest BCUT2D eigenvalue weighted by Crippen LogP contribution is -2.37. The third-order valence-electron chi connectivity index (χ3n) is 5.79. The number of benzene rings is 3. The van der Waals surface area contributed by atoms with Gasteiger partial charge in [-0.25, -0.2) is 8.42 Å². The van der Waals surface area contributed by atoms with Gasteiger partial charge in [-0.2, -0.15) is 4.31 Å². The summed E-state index contributed by atoms with van der Waals surface area (Å²) in [6, 6.07) is 26.8. The molecule has 0 aromatic heterocycles. The van der Waals surface area contributed by atoms with Crippen LogP contribution in [-0.2, 0) is 10.0 Å². The molecule has 33 heavy (non-hydrogen) atoms. The Kier molecular flexibility index (Phi) is 7.11. The molecule has 3 aromatic carbocycles. The first-order valence-electron chi connectivity index (χ1n) is 11.0. The van der Waals surface area contributed by atoms with E-state index in [1.165, 1.54) is 10.6 Å². The smallest absolute Gasteiger partial charge is 0.254 e. The van der Waals surface area contributed by atoms with Crippen molar-refractivity contribution in [1.29, 1.82) is 0 Å². The molecule has 6 nitrogen and oxygen atoms in total. The summed E-state index contributed by atoms with van der Waals surface area (Å²) in [4.78, 5) is 15.4. The number of carbonyl (C=O) groups excluding carboxylic acids is 1. The van der Waals surface area contributed by atoms with Crippen LogP contribution >= 0.6 is 0 Å². The minimum atomic E-state index is -3.39. The standard InChI is InChI=1S/C26H28N2O4S/c1-33(30,31)28-17-16-27(18-21(19-28)20-32-23-12-6-3-7-13-23)26(29)25-15-9-8-14-24(25)22-10-4-2-5-11-22/h2-15,21H,16-20H2,1H3/t21-/m1/s1. The number of para-hydroxylation sites is 1. The lowest BCUT2D eigenvalue weighted by atomic mass is 9.98. The second-order valence-corrected chi connectivity index (χ2v) is 10.3. The molecule has 0 spiro atoms. The molecule has 1 aliphatic heterocycles. The van der Waals surface area contributed by atoms with E-state index in [1.807, 2.05) is 84.9 Å². The van der Waals surface area contributed by atoms with Crippen LogP contribution in [0.25, 0.3) is 11.1 Å². The van der Waals surface area contributed by atoms with Crippen molar-refractivity contribution >= 4 is 15.9 Å². The molecule has 0 bridgehead atoms. The molecule has 0 saturated carbocycles. The fourth-order valence-corrected chi connectivity index (χ4v) is 5.00. The average Bonchev–Trinajstić information content (AvgIpc) is 3.07. The average molecular weight is 465 g/mol. The maximum atomic E-state index is 13.6. The van der Waals surface area contributed by atoms with Gasteiger partial charge in [-0.15, -0.1) is 0 Å². The van der Waals surface area contributed by atoms with Crippen LogP contribution in [0.3, 0.4) is 0 Å². The zero-order chi connectivity index (χ0) is 23.3. The van der Waals surface area contributed by atoms with Gasteiger partial charge in [-0.1, -0.05) is 66.7 Å². The summed E-state index contributed by atoms with van der Waals surface area (Å²) in [6.07, 6.45) is 1.21. The van der Waals surface area contributed by atoms with Gasteiger partial charge in [0.05, 0.1) is 12.9 Å². The number of hydrogen-bond acceptors (Lipinski definition) is 4. The Labute approximate surface area is 195 Å². The number of sulfonamides is 1. The number of nitrogens with zero attached hydrogens (tertiary/aromatic N) is 2. The third-order valence-corrected chi connectivity index (χ3v) is 7.06. The Hall–Kier alpha value is -3.16. The molecule has 7 heteroatoms. The van der Waals surface area contributed by atoms with Crippen molar-refractivity contribution in [2.75, 3.05) is 39.0 Å². The van der Waals surface area contributed by atoms with Crippen LogP contribution in [0.15, 0.2) is 84.9 Å². The quantitative estimate of drug-likeness (QED) is 0.557. The highest BCUT2D eigenvalue weighted by Gasteiger charge is 2.31. The maximum absolute atomic E-state index is 13.6. The molecule has 1 amide bonds. The molecule has 1 aliphatic rings. The molecule has 4 rings (SSSR count). The Morgan fingerprint density at radius 1 is 0.879 bits per heavy atom.